The molecule has 2 aromatic rings. The number of urea groups is 1. The summed E-state index contributed by atoms with van der Waals surface area (Å²) < 4.78 is 5.55. The van der Waals surface area contributed by atoms with Gasteiger partial charge in [0.25, 0.3) is 0 Å². The van der Waals surface area contributed by atoms with Crippen LogP contribution in [0, 0.1) is 12.8 Å². The van der Waals surface area contributed by atoms with E-state index >= 15 is 0 Å². The third-order valence-corrected chi connectivity index (χ3v) is 7.82. The summed E-state index contributed by atoms with van der Waals surface area (Å²) >= 11 is 0. The number of aromatic nitrogens is 1. The number of hydrogen-bond acceptors (Lipinski definition) is 6. The molecule has 0 unspecified atom stereocenters. The van der Waals surface area contributed by atoms with Crippen LogP contribution in [-0.4, -0.2) is 72.1 Å². The fourth-order valence-electron chi connectivity index (χ4n) is 5.58. The Hall–Kier alpha value is -2.84. The van der Waals surface area contributed by atoms with E-state index in [0.29, 0.717) is 32.0 Å². The number of morpholine rings is 1. The molecule has 8 nitrogen and oxygen atoms in total. The standard InChI is InChI=1S/C28H39N5O3/c1-4-20-7-8-33(18-20)27(34)30-22-6-5-19(2)24(15-22)21-13-25(29-23-16-28(3,35)17-23)31-26(14-21)32-9-11-36-12-10-32/h5-6,13-15,20,23,35H,4,7-12,16-18H2,1-3H3,(H,29,31)(H,30,34)/t20-,23-,28-/m1/s1. The molecule has 3 heterocycles. The maximum Gasteiger partial charge on any atom is 0.321 e. The largest absolute Gasteiger partial charge is 0.390 e. The van der Waals surface area contributed by atoms with Gasteiger partial charge in [0.05, 0.1) is 18.8 Å². The highest BCUT2D eigenvalue weighted by Crippen LogP contribution is 2.36. The lowest BCUT2D eigenvalue weighted by Gasteiger charge is -2.41. The van der Waals surface area contributed by atoms with Crippen LogP contribution in [0.1, 0.15) is 45.1 Å². The van der Waals surface area contributed by atoms with Gasteiger partial charge in [0.2, 0.25) is 0 Å². The Labute approximate surface area is 214 Å². The monoisotopic (exact) mass is 493 g/mol. The fourth-order valence-corrected chi connectivity index (χ4v) is 5.58. The van der Waals surface area contributed by atoms with E-state index in [1.807, 2.05) is 17.9 Å². The highest BCUT2D eigenvalue weighted by molar-refractivity contribution is 5.91. The normalized spacial score (nSPS) is 26.0. The van der Waals surface area contributed by atoms with Crippen molar-refractivity contribution in [3.8, 4) is 11.1 Å². The van der Waals surface area contributed by atoms with Crippen molar-refractivity contribution in [1.82, 2.24) is 9.88 Å². The SMILES string of the molecule is CC[C@@H]1CCN(C(=O)Nc2ccc(C)c(-c3cc(N[C@H]4C[C@](C)(O)C4)nc(N4CCOCC4)c3)c2)C1. The summed E-state index contributed by atoms with van der Waals surface area (Å²) in [6.07, 6.45) is 3.61. The predicted octanol–water partition coefficient (Wildman–Crippen LogP) is 4.48. The number of hydrogen-bond donors (Lipinski definition) is 3. The van der Waals surface area contributed by atoms with Gasteiger partial charge in [-0.15, -0.1) is 0 Å². The lowest BCUT2D eigenvalue weighted by molar-refractivity contribution is -0.0235. The van der Waals surface area contributed by atoms with Crippen molar-refractivity contribution in [2.24, 2.45) is 5.92 Å². The molecule has 1 atom stereocenters. The van der Waals surface area contributed by atoms with Crippen molar-refractivity contribution >= 4 is 23.4 Å². The van der Waals surface area contributed by atoms with Gasteiger partial charge in [-0.25, -0.2) is 9.78 Å². The van der Waals surface area contributed by atoms with Gasteiger partial charge < -0.3 is 30.3 Å². The molecule has 194 valence electrons. The summed E-state index contributed by atoms with van der Waals surface area (Å²) in [5.74, 6) is 2.33. The zero-order chi connectivity index (χ0) is 25.3. The number of ether oxygens (including phenoxy) is 1. The molecule has 1 aromatic heterocycles. The highest BCUT2D eigenvalue weighted by Gasteiger charge is 2.38. The fraction of sp³-hybridized carbons (Fsp3) is 0.571. The number of rotatable bonds is 6. The maximum absolute atomic E-state index is 12.9. The molecule has 1 saturated carbocycles. The number of anilines is 3. The first-order chi connectivity index (χ1) is 17.3. The zero-order valence-electron chi connectivity index (χ0n) is 21.7. The number of likely N-dealkylation sites (tertiary alicyclic amines) is 1. The topological polar surface area (TPSA) is 90.0 Å². The van der Waals surface area contributed by atoms with Crippen molar-refractivity contribution < 1.29 is 14.6 Å². The lowest BCUT2D eigenvalue weighted by Crippen LogP contribution is -2.48. The first-order valence-corrected chi connectivity index (χ1v) is 13.3. The van der Waals surface area contributed by atoms with Crippen LogP contribution in [0.5, 0.6) is 0 Å². The Morgan fingerprint density at radius 2 is 1.97 bits per heavy atom. The molecule has 3 N–H and O–H groups in total. The van der Waals surface area contributed by atoms with E-state index in [-0.39, 0.29) is 12.1 Å². The van der Waals surface area contributed by atoms with E-state index in [4.69, 9.17) is 9.72 Å². The van der Waals surface area contributed by atoms with Crippen LogP contribution in [0.25, 0.3) is 11.1 Å². The molecule has 2 amide bonds. The quantitative estimate of drug-likeness (QED) is 0.550. The van der Waals surface area contributed by atoms with Crippen LogP contribution < -0.4 is 15.5 Å². The Morgan fingerprint density at radius 1 is 1.19 bits per heavy atom. The van der Waals surface area contributed by atoms with Gasteiger partial charge in [-0.3, -0.25) is 0 Å². The van der Waals surface area contributed by atoms with E-state index in [9.17, 15) is 9.90 Å². The summed E-state index contributed by atoms with van der Waals surface area (Å²) in [5.41, 5.74) is 3.46. The van der Waals surface area contributed by atoms with Gasteiger partial charge in [0.1, 0.15) is 11.6 Å². The van der Waals surface area contributed by atoms with Crippen molar-refractivity contribution in [3.63, 3.8) is 0 Å². The Balaban J connectivity index is 1.40. The molecular weight excluding hydrogens is 454 g/mol. The number of benzene rings is 1. The van der Waals surface area contributed by atoms with Crippen LogP contribution in [-0.2, 0) is 4.74 Å². The third kappa shape index (κ3) is 5.60. The van der Waals surface area contributed by atoms with Crippen molar-refractivity contribution in [1.29, 1.82) is 0 Å². The summed E-state index contributed by atoms with van der Waals surface area (Å²) in [6.45, 7) is 10.8. The van der Waals surface area contributed by atoms with Crippen LogP contribution in [0.2, 0.25) is 0 Å². The molecule has 3 aliphatic rings. The third-order valence-electron chi connectivity index (χ3n) is 7.82. The van der Waals surface area contributed by atoms with E-state index in [2.05, 4.69) is 53.6 Å². The van der Waals surface area contributed by atoms with Crippen molar-refractivity contribution in [2.75, 3.05) is 54.9 Å². The molecule has 2 saturated heterocycles. The number of amides is 2. The number of nitrogens with zero attached hydrogens (tertiary/aromatic N) is 3. The molecule has 0 bridgehead atoms. The summed E-state index contributed by atoms with van der Waals surface area (Å²) in [4.78, 5) is 22.0. The molecule has 0 spiro atoms. The first-order valence-electron chi connectivity index (χ1n) is 13.3. The molecular formula is C28H39N5O3. The number of carbonyl (C=O) groups is 1. The molecule has 5 rings (SSSR count). The molecule has 2 aliphatic heterocycles. The zero-order valence-corrected chi connectivity index (χ0v) is 21.7. The summed E-state index contributed by atoms with van der Waals surface area (Å²) in [7, 11) is 0. The summed E-state index contributed by atoms with van der Waals surface area (Å²) in [6, 6.07) is 10.5. The van der Waals surface area contributed by atoms with Crippen molar-refractivity contribution in [2.45, 2.75) is 58.1 Å². The van der Waals surface area contributed by atoms with Gasteiger partial charge in [-0.1, -0.05) is 19.4 Å². The second kappa shape index (κ2) is 10.3. The van der Waals surface area contributed by atoms with E-state index in [1.165, 1.54) is 0 Å². The van der Waals surface area contributed by atoms with Crippen LogP contribution in [0.4, 0.5) is 22.1 Å². The minimum Gasteiger partial charge on any atom is -0.390 e. The number of pyridine rings is 1. The average Bonchev–Trinajstić information content (AvgIpc) is 3.34. The molecule has 3 fully saturated rings. The van der Waals surface area contributed by atoms with Gasteiger partial charge in [0, 0.05) is 37.9 Å². The first kappa shape index (κ1) is 24.8. The van der Waals surface area contributed by atoms with Gasteiger partial charge in [0.15, 0.2) is 0 Å². The second-order valence-electron chi connectivity index (χ2n) is 10.9. The molecule has 36 heavy (non-hydrogen) atoms. The van der Waals surface area contributed by atoms with Gasteiger partial charge in [-0.2, -0.15) is 0 Å². The van der Waals surface area contributed by atoms with Gasteiger partial charge >= 0.3 is 6.03 Å². The van der Waals surface area contributed by atoms with E-state index in [1.54, 1.807) is 0 Å². The molecule has 1 aliphatic carbocycles. The summed E-state index contributed by atoms with van der Waals surface area (Å²) in [5, 5.41) is 16.8. The van der Waals surface area contributed by atoms with Crippen LogP contribution in [0.3, 0.4) is 0 Å². The van der Waals surface area contributed by atoms with Gasteiger partial charge in [-0.05, 0) is 80.0 Å². The Bertz CT molecular complexity index is 1090. The van der Waals surface area contributed by atoms with Crippen LogP contribution >= 0.6 is 0 Å². The van der Waals surface area contributed by atoms with Crippen molar-refractivity contribution in [3.05, 3.63) is 35.9 Å². The average molecular weight is 494 g/mol. The van der Waals surface area contributed by atoms with E-state index < -0.39 is 5.60 Å². The lowest BCUT2D eigenvalue weighted by atomic mass is 9.77. The number of aryl methyl sites for hydroxylation is 1. The van der Waals surface area contributed by atoms with E-state index in [0.717, 1.165) is 73.0 Å². The predicted molar refractivity (Wildman–Crippen MR) is 144 cm³/mol. The highest BCUT2D eigenvalue weighted by atomic mass is 16.5. The molecule has 8 heteroatoms. The number of nitrogens with one attached hydrogen (secondary N) is 2. The minimum absolute atomic E-state index is 0.0242. The second-order valence-corrected chi connectivity index (χ2v) is 10.9. The Kier molecular flexibility index (Phi) is 7.08. The number of aliphatic hydroxyl groups is 1. The maximum atomic E-state index is 12.9. The minimum atomic E-state index is -0.599. The number of carbonyl (C=O) groups excluding carboxylic acids is 1. The Morgan fingerprint density at radius 3 is 2.67 bits per heavy atom. The van der Waals surface area contributed by atoms with Crippen LogP contribution in [0.15, 0.2) is 30.3 Å². The molecule has 0 radical (unpaired) electrons. The molecule has 1 aromatic carbocycles. The smallest absolute Gasteiger partial charge is 0.321 e.